The van der Waals surface area contributed by atoms with Crippen molar-refractivity contribution in [2.24, 2.45) is 5.92 Å². The van der Waals surface area contributed by atoms with Crippen LogP contribution in [0.1, 0.15) is 48.1 Å². The minimum Gasteiger partial charge on any atom is -0.464 e. The molecular formula is C15H19N3O4S. The first-order chi connectivity index (χ1) is 10.8. The molecule has 1 N–H and O–H groups in total. The number of thiazole rings is 1. The summed E-state index contributed by atoms with van der Waals surface area (Å²) < 4.78 is 10.2. The average Bonchev–Trinajstić information content (AvgIpc) is 3.10. The van der Waals surface area contributed by atoms with Gasteiger partial charge in [0.15, 0.2) is 5.69 Å². The number of aryl methyl sites for hydroxylation is 1. The molecule has 0 saturated heterocycles. The molecule has 0 fully saturated rings. The van der Waals surface area contributed by atoms with Gasteiger partial charge in [-0.2, -0.15) is 0 Å². The third-order valence-corrected chi connectivity index (χ3v) is 4.14. The van der Waals surface area contributed by atoms with Crippen LogP contribution in [0.25, 0.3) is 11.6 Å². The molecule has 2 rings (SSSR count). The van der Waals surface area contributed by atoms with Crippen LogP contribution in [0, 0.1) is 12.8 Å². The summed E-state index contributed by atoms with van der Waals surface area (Å²) >= 11 is 1.41. The van der Waals surface area contributed by atoms with Gasteiger partial charge < -0.3 is 14.5 Å². The first-order valence-electron chi connectivity index (χ1n) is 7.12. The maximum Gasteiger partial charge on any atom is 0.360 e. The number of hydrogen-bond donors (Lipinski definition) is 1. The summed E-state index contributed by atoms with van der Waals surface area (Å²) in [5, 5.41) is 5.44. The first kappa shape index (κ1) is 17.1. The molecule has 8 heteroatoms. The number of nitrogens with zero attached hydrogens (tertiary/aromatic N) is 2. The van der Waals surface area contributed by atoms with Gasteiger partial charge in [-0.15, -0.1) is 11.3 Å². The number of methoxy groups -OCH3 is 1. The van der Waals surface area contributed by atoms with Crippen LogP contribution in [0.2, 0.25) is 0 Å². The van der Waals surface area contributed by atoms with Gasteiger partial charge in [0.2, 0.25) is 11.8 Å². The lowest BCUT2D eigenvalue weighted by Crippen LogP contribution is -2.29. The van der Waals surface area contributed by atoms with E-state index in [1.54, 1.807) is 12.3 Å². The molecule has 0 radical (unpaired) electrons. The standard InChI is InChI=1S/C15H19N3O4S/c1-7(2)11(16-9(4)19)14-17-10(6-23-14)13-18-12(8(3)22-13)15(20)21-5/h6-7,11H,1-5H3,(H,16,19)/t11-/m0/s1. The Hall–Kier alpha value is -2.22. The average molecular weight is 337 g/mol. The van der Waals surface area contributed by atoms with Crippen LogP contribution in [-0.4, -0.2) is 29.0 Å². The summed E-state index contributed by atoms with van der Waals surface area (Å²) in [6.07, 6.45) is 0. The van der Waals surface area contributed by atoms with Gasteiger partial charge in [0.25, 0.3) is 0 Å². The van der Waals surface area contributed by atoms with Crippen molar-refractivity contribution in [3.63, 3.8) is 0 Å². The molecular weight excluding hydrogens is 318 g/mol. The lowest BCUT2D eigenvalue weighted by molar-refractivity contribution is -0.120. The van der Waals surface area contributed by atoms with Crippen LogP contribution in [-0.2, 0) is 9.53 Å². The smallest absolute Gasteiger partial charge is 0.360 e. The summed E-state index contributed by atoms with van der Waals surface area (Å²) in [4.78, 5) is 31.6. The van der Waals surface area contributed by atoms with Crippen LogP contribution in [0.4, 0.5) is 0 Å². The normalized spacial score (nSPS) is 12.3. The fraction of sp³-hybridized carbons (Fsp3) is 0.467. The Morgan fingerprint density at radius 2 is 2.04 bits per heavy atom. The van der Waals surface area contributed by atoms with E-state index < -0.39 is 5.97 Å². The summed E-state index contributed by atoms with van der Waals surface area (Å²) in [6.45, 7) is 7.13. The SMILES string of the molecule is COC(=O)c1nc(-c2csc([C@@H](NC(C)=O)C(C)C)n2)oc1C. The molecule has 0 spiro atoms. The zero-order chi connectivity index (χ0) is 17.1. The molecule has 0 bridgehead atoms. The molecule has 0 saturated carbocycles. The van der Waals surface area contributed by atoms with Crippen molar-refractivity contribution in [3.05, 3.63) is 21.8 Å². The van der Waals surface area contributed by atoms with Gasteiger partial charge in [0, 0.05) is 12.3 Å². The second-order valence-electron chi connectivity index (χ2n) is 5.41. The highest BCUT2D eigenvalue weighted by Crippen LogP contribution is 2.29. The van der Waals surface area contributed by atoms with E-state index in [1.165, 1.54) is 25.4 Å². The van der Waals surface area contributed by atoms with Crippen molar-refractivity contribution in [1.82, 2.24) is 15.3 Å². The molecule has 7 nitrogen and oxygen atoms in total. The van der Waals surface area contributed by atoms with Gasteiger partial charge in [-0.25, -0.2) is 14.8 Å². The van der Waals surface area contributed by atoms with E-state index in [4.69, 9.17) is 4.42 Å². The lowest BCUT2D eigenvalue weighted by Gasteiger charge is -2.18. The molecule has 0 aromatic carbocycles. The molecule has 0 aliphatic carbocycles. The number of nitrogens with one attached hydrogen (secondary N) is 1. The van der Waals surface area contributed by atoms with Crippen molar-refractivity contribution in [1.29, 1.82) is 0 Å². The number of aromatic nitrogens is 2. The van der Waals surface area contributed by atoms with Gasteiger partial charge >= 0.3 is 5.97 Å². The predicted molar refractivity (Wildman–Crippen MR) is 85.1 cm³/mol. The highest BCUT2D eigenvalue weighted by Gasteiger charge is 2.23. The first-order valence-corrected chi connectivity index (χ1v) is 8.00. The minimum absolute atomic E-state index is 0.111. The van der Waals surface area contributed by atoms with Crippen LogP contribution in [0.3, 0.4) is 0 Å². The molecule has 124 valence electrons. The summed E-state index contributed by atoms with van der Waals surface area (Å²) in [7, 11) is 1.29. The summed E-state index contributed by atoms with van der Waals surface area (Å²) in [5.74, 6) is 0.167. The van der Waals surface area contributed by atoms with Crippen LogP contribution >= 0.6 is 11.3 Å². The topological polar surface area (TPSA) is 94.3 Å². The van der Waals surface area contributed by atoms with Crippen LogP contribution in [0.5, 0.6) is 0 Å². The zero-order valence-electron chi connectivity index (χ0n) is 13.7. The number of ether oxygens (including phenoxy) is 1. The van der Waals surface area contributed by atoms with Gasteiger partial charge in [-0.05, 0) is 12.8 Å². The number of rotatable bonds is 5. The second-order valence-corrected chi connectivity index (χ2v) is 6.30. The van der Waals surface area contributed by atoms with Crippen molar-refractivity contribution in [2.75, 3.05) is 7.11 Å². The highest BCUT2D eigenvalue weighted by atomic mass is 32.1. The number of hydrogen-bond acceptors (Lipinski definition) is 7. The van der Waals surface area contributed by atoms with Gasteiger partial charge in [-0.3, -0.25) is 4.79 Å². The lowest BCUT2D eigenvalue weighted by atomic mass is 10.1. The maximum atomic E-state index is 11.6. The van der Waals surface area contributed by atoms with E-state index in [0.717, 1.165) is 5.01 Å². The molecule has 1 amide bonds. The third kappa shape index (κ3) is 3.76. The maximum absolute atomic E-state index is 11.6. The Bertz CT molecular complexity index is 720. The van der Waals surface area contributed by atoms with Crippen molar-refractivity contribution < 1.29 is 18.7 Å². The number of esters is 1. The molecule has 1 atom stereocenters. The van der Waals surface area contributed by atoms with E-state index in [2.05, 4.69) is 20.0 Å². The number of carbonyl (C=O) groups excluding carboxylic acids is 2. The summed E-state index contributed by atoms with van der Waals surface area (Å²) in [5.41, 5.74) is 0.665. The van der Waals surface area contributed by atoms with Crippen molar-refractivity contribution in [3.8, 4) is 11.6 Å². The van der Waals surface area contributed by atoms with Crippen LogP contribution < -0.4 is 5.32 Å². The largest absolute Gasteiger partial charge is 0.464 e. The Morgan fingerprint density at radius 3 is 2.61 bits per heavy atom. The van der Waals surface area contributed by atoms with E-state index in [1.807, 2.05) is 13.8 Å². The molecule has 2 aromatic heterocycles. The van der Waals surface area contributed by atoms with E-state index in [9.17, 15) is 9.59 Å². The highest BCUT2D eigenvalue weighted by molar-refractivity contribution is 7.10. The van der Waals surface area contributed by atoms with Crippen LogP contribution in [0.15, 0.2) is 9.80 Å². The number of amides is 1. The molecule has 0 unspecified atom stereocenters. The fourth-order valence-electron chi connectivity index (χ4n) is 2.05. The molecule has 0 aliphatic rings. The van der Waals surface area contributed by atoms with Crippen molar-refractivity contribution in [2.45, 2.75) is 33.7 Å². The Labute approximate surface area is 138 Å². The molecule has 0 aliphatic heterocycles. The van der Waals surface area contributed by atoms with Crippen molar-refractivity contribution >= 4 is 23.2 Å². The molecule has 23 heavy (non-hydrogen) atoms. The van der Waals surface area contributed by atoms with E-state index in [-0.39, 0.29) is 29.5 Å². The number of oxazole rings is 1. The third-order valence-electron chi connectivity index (χ3n) is 3.21. The van der Waals surface area contributed by atoms with E-state index in [0.29, 0.717) is 11.5 Å². The molecule has 2 aromatic rings. The van der Waals surface area contributed by atoms with E-state index >= 15 is 0 Å². The van der Waals surface area contributed by atoms with Gasteiger partial charge in [-0.1, -0.05) is 13.8 Å². The second kappa shape index (κ2) is 6.91. The minimum atomic E-state index is -0.550. The Balaban J connectivity index is 2.31. The summed E-state index contributed by atoms with van der Waals surface area (Å²) in [6, 6.07) is -0.178. The zero-order valence-corrected chi connectivity index (χ0v) is 14.5. The molecule has 2 heterocycles. The number of carbonyl (C=O) groups is 2. The Morgan fingerprint density at radius 1 is 1.35 bits per heavy atom. The van der Waals surface area contributed by atoms with Gasteiger partial charge in [0.1, 0.15) is 16.5 Å². The van der Waals surface area contributed by atoms with Gasteiger partial charge in [0.05, 0.1) is 13.2 Å². The quantitative estimate of drug-likeness (QED) is 0.843. The predicted octanol–water partition coefficient (Wildman–Crippen LogP) is 2.73. The Kier molecular flexibility index (Phi) is 5.15. The monoisotopic (exact) mass is 337 g/mol. The fourth-order valence-corrected chi connectivity index (χ4v) is 3.07.